The Kier molecular flexibility index (Phi) is 6.04. The van der Waals surface area contributed by atoms with Crippen molar-refractivity contribution in [1.29, 1.82) is 0 Å². The van der Waals surface area contributed by atoms with E-state index >= 15 is 0 Å². The molecule has 1 unspecified atom stereocenters. The molecule has 7 heteroatoms. The van der Waals surface area contributed by atoms with Crippen LogP contribution in [0.15, 0.2) is 0 Å². The molecule has 1 atom stereocenters. The average Bonchev–Trinajstić information content (AvgIpc) is 2.28. The van der Waals surface area contributed by atoms with Gasteiger partial charge in [0, 0.05) is 26.2 Å². The average molecular weight is 278 g/mol. The normalized spacial score (nSPS) is 21.0. The molecule has 0 aromatic rings. The van der Waals surface area contributed by atoms with Crippen molar-refractivity contribution in [3.8, 4) is 0 Å². The highest BCUT2D eigenvalue weighted by Gasteiger charge is 2.26. The number of sulfonamides is 1. The summed E-state index contributed by atoms with van der Waals surface area (Å²) in [5.74, 6) is -0.0124. The maximum Gasteiger partial charge on any atom is 0.248 e. The van der Waals surface area contributed by atoms with Gasteiger partial charge in [-0.15, -0.1) is 0 Å². The minimum Gasteiger partial charge on any atom is -0.375 e. The summed E-state index contributed by atoms with van der Waals surface area (Å²) in [5, 5.41) is 0. The Morgan fingerprint density at radius 3 is 2.78 bits per heavy atom. The van der Waals surface area contributed by atoms with E-state index in [9.17, 15) is 13.2 Å². The molecule has 1 aliphatic rings. The predicted octanol–water partition coefficient (Wildman–Crippen LogP) is -0.0468. The first-order valence-electron chi connectivity index (χ1n) is 6.17. The molecule has 0 aromatic carbocycles. The van der Waals surface area contributed by atoms with Crippen LogP contribution in [0.2, 0.25) is 0 Å². The summed E-state index contributed by atoms with van der Waals surface area (Å²) in [6.45, 7) is 1.21. The fourth-order valence-corrected chi connectivity index (χ4v) is 2.73. The van der Waals surface area contributed by atoms with Gasteiger partial charge in [0.25, 0.3) is 0 Å². The number of hydrogen-bond acceptors (Lipinski definition) is 4. The number of nitrogens with zero attached hydrogens (tertiary/aromatic N) is 1. The molecule has 0 bridgehead atoms. The largest absolute Gasteiger partial charge is 0.375 e. The maximum atomic E-state index is 11.8. The first-order valence-corrected chi connectivity index (χ1v) is 8.06. The second-order valence-electron chi connectivity index (χ2n) is 4.62. The van der Waals surface area contributed by atoms with Crippen molar-refractivity contribution < 1.29 is 17.9 Å². The van der Waals surface area contributed by atoms with E-state index in [1.54, 1.807) is 0 Å². The van der Waals surface area contributed by atoms with Crippen molar-refractivity contribution in [2.75, 3.05) is 33.1 Å². The Bertz CT molecular complexity index is 369. The number of hydrogen-bond donors (Lipinski definition) is 1. The highest BCUT2D eigenvalue weighted by molar-refractivity contribution is 7.88. The lowest BCUT2D eigenvalue weighted by Crippen LogP contribution is -2.46. The van der Waals surface area contributed by atoms with E-state index in [0.717, 1.165) is 32.1 Å². The Labute approximate surface area is 109 Å². The third kappa shape index (κ3) is 5.32. The van der Waals surface area contributed by atoms with Crippen LogP contribution in [0.1, 0.15) is 25.7 Å². The molecule has 1 rings (SSSR count). The van der Waals surface area contributed by atoms with Crippen molar-refractivity contribution in [3.05, 3.63) is 0 Å². The molecule has 0 aliphatic carbocycles. The number of amides is 1. The summed E-state index contributed by atoms with van der Waals surface area (Å²) in [7, 11) is -1.65. The van der Waals surface area contributed by atoms with Crippen LogP contribution in [-0.4, -0.2) is 58.3 Å². The second kappa shape index (κ2) is 7.06. The number of carbonyl (C=O) groups excluding carboxylic acids is 1. The Hall–Kier alpha value is -0.660. The summed E-state index contributed by atoms with van der Waals surface area (Å²) in [4.78, 5) is 13.6. The summed E-state index contributed by atoms with van der Waals surface area (Å²) in [6.07, 6.45) is 4.82. The highest BCUT2D eigenvalue weighted by atomic mass is 32.2. The van der Waals surface area contributed by atoms with Gasteiger partial charge in [-0.2, -0.15) is 0 Å². The Balaban J connectivity index is 2.47. The van der Waals surface area contributed by atoms with Crippen molar-refractivity contribution in [3.63, 3.8) is 0 Å². The van der Waals surface area contributed by atoms with E-state index in [1.165, 1.54) is 7.11 Å². The number of piperidine rings is 1. The van der Waals surface area contributed by atoms with Crippen molar-refractivity contribution in [2.24, 2.45) is 0 Å². The summed E-state index contributed by atoms with van der Waals surface area (Å²) < 4.78 is 29.3. The zero-order chi connectivity index (χ0) is 13.6. The van der Waals surface area contributed by atoms with Crippen LogP contribution in [-0.2, 0) is 19.6 Å². The molecule has 1 aliphatic heterocycles. The van der Waals surface area contributed by atoms with E-state index in [4.69, 9.17) is 4.74 Å². The maximum absolute atomic E-state index is 11.8. The quantitative estimate of drug-likeness (QED) is 0.739. The molecule has 106 valence electrons. The standard InChI is InChI=1S/C11H22N2O4S/c1-17-9-11(14)13-8-4-3-5-10(13)6-7-12-18(2,15)16/h10,12H,3-9H2,1-2H3. The lowest BCUT2D eigenvalue weighted by molar-refractivity contribution is -0.138. The molecule has 1 saturated heterocycles. The molecule has 18 heavy (non-hydrogen) atoms. The minimum absolute atomic E-state index is 0.0124. The number of likely N-dealkylation sites (tertiary alicyclic amines) is 1. The van der Waals surface area contributed by atoms with Crippen LogP contribution >= 0.6 is 0 Å². The number of nitrogens with one attached hydrogen (secondary N) is 1. The van der Waals surface area contributed by atoms with Crippen LogP contribution in [0.4, 0.5) is 0 Å². The number of rotatable bonds is 6. The first-order chi connectivity index (χ1) is 8.44. The van der Waals surface area contributed by atoms with Gasteiger partial charge in [0.1, 0.15) is 6.61 Å². The third-order valence-corrected chi connectivity index (χ3v) is 3.79. The molecule has 0 saturated carbocycles. The minimum atomic E-state index is -3.15. The van der Waals surface area contributed by atoms with E-state index in [-0.39, 0.29) is 18.6 Å². The number of ether oxygens (including phenoxy) is 1. The van der Waals surface area contributed by atoms with Crippen LogP contribution in [0.5, 0.6) is 0 Å². The van der Waals surface area contributed by atoms with Gasteiger partial charge in [0.2, 0.25) is 15.9 Å². The molecule has 6 nitrogen and oxygen atoms in total. The second-order valence-corrected chi connectivity index (χ2v) is 6.46. The number of carbonyl (C=O) groups is 1. The van der Waals surface area contributed by atoms with Crippen molar-refractivity contribution in [1.82, 2.24) is 9.62 Å². The summed E-state index contributed by atoms with van der Waals surface area (Å²) in [5.41, 5.74) is 0. The fraction of sp³-hybridized carbons (Fsp3) is 0.909. The van der Waals surface area contributed by atoms with E-state index in [0.29, 0.717) is 13.0 Å². The Morgan fingerprint density at radius 1 is 1.44 bits per heavy atom. The smallest absolute Gasteiger partial charge is 0.248 e. The van der Waals surface area contributed by atoms with Gasteiger partial charge in [-0.25, -0.2) is 13.1 Å². The zero-order valence-electron chi connectivity index (χ0n) is 11.0. The Morgan fingerprint density at radius 2 is 2.17 bits per heavy atom. The summed E-state index contributed by atoms with van der Waals surface area (Å²) >= 11 is 0. The van der Waals surface area contributed by atoms with E-state index < -0.39 is 10.0 Å². The monoisotopic (exact) mass is 278 g/mol. The summed E-state index contributed by atoms with van der Waals surface area (Å²) in [6, 6.07) is 0.121. The van der Waals surface area contributed by atoms with Gasteiger partial charge < -0.3 is 9.64 Å². The highest BCUT2D eigenvalue weighted by Crippen LogP contribution is 2.19. The van der Waals surface area contributed by atoms with Gasteiger partial charge in [-0.3, -0.25) is 4.79 Å². The van der Waals surface area contributed by atoms with Crippen LogP contribution in [0, 0.1) is 0 Å². The zero-order valence-corrected chi connectivity index (χ0v) is 11.8. The third-order valence-electron chi connectivity index (χ3n) is 3.06. The molecule has 0 aromatic heterocycles. The van der Waals surface area contributed by atoms with Gasteiger partial charge in [-0.05, 0) is 25.7 Å². The fourth-order valence-electron chi connectivity index (χ4n) is 2.25. The lowest BCUT2D eigenvalue weighted by Gasteiger charge is -2.35. The van der Waals surface area contributed by atoms with E-state index in [2.05, 4.69) is 4.72 Å². The van der Waals surface area contributed by atoms with E-state index in [1.807, 2.05) is 4.90 Å². The van der Waals surface area contributed by atoms with Gasteiger partial charge >= 0.3 is 0 Å². The molecular formula is C11H22N2O4S. The molecule has 1 heterocycles. The molecule has 0 radical (unpaired) electrons. The van der Waals surface area contributed by atoms with Crippen LogP contribution in [0.3, 0.4) is 0 Å². The topological polar surface area (TPSA) is 75.7 Å². The molecule has 1 N–H and O–H groups in total. The van der Waals surface area contributed by atoms with Crippen molar-refractivity contribution >= 4 is 15.9 Å². The van der Waals surface area contributed by atoms with Crippen LogP contribution in [0.25, 0.3) is 0 Å². The SMILES string of the molecule is COCC(=O)N1CCCCC1CCNS(C)(=O)=O. The van der Waals surface area contributed by atoms with Gasteiger partial charge in [0.15, 0.2) is 0 Å². The first kappa shape index (κ1) is 15.4. The molecular weight excluding hydrogens is 256 g/mol. The molecule has 1 amide bonds. The number of methoxy groups -OCH3 is 1. The molecule has 0 spiro atoms. The van der Waals surface area contributed by atoms with Crippen molar-refractivity contribution in [2.45, 2.75) is 31.7 Å². The van der Waals surface area contributed by atoms with Gasteiger partial charge in [-0.1, -0.05) is 0 Å². The van der Waals surface area contributed by atoms with Gasteiger partial charge in [0.05, 0.1) is 6.26 Å². The molecule has 1 fully saturated rings. The van der Waals surface area contributed by atoms with Crippen LogP contribution < -0.4 is 4.72 Å². The lowest BCUT2D eigenvalue weighted by atomic mass is 9.99. The predicted molar refractivity (Wildman–Crippen MR) is 68.7 cm³/mol.